The molecular weight excluding hydrogens is 538 g/mol. The predicted molar refractivity (Wildman–Crippen MR) is 163 cm³/mol. The lowest BCUT2D eigenvalue weighted by Crippen LogP contribution is -2.47. The Morgan fingerprint density at radius 2 is 1.78 bits per heavy atom. The van der Waals surface area contributed by atoms with Crippen molar-refractivity contribution in [1.82, 2.24) is 14.5 Å². The molecule has 0 bridgehead atoms. The second-order valence-electron chi connectivity index (χ2n) is 11.3. The van der Waals surface area contributed by atoms with E-state index >= 15 is 0 Å². The van der Waals surface area contributed by atoms with Crippen molar-refractivity contribution in [3.05, 3.63) is 73.8 Å². The second kappa shape index (κ2) is 10.9. The number of anilines is 2. The largest absolute Gasteiger partial charge is 0.461 e. The number of aryl methyl sites for hydroxylation is 3. The normalized spacial score (nSPS) is 15.2. The number of carbonyl (C=O) groups is 2. The Labute approximate surface area is 244 Å². The lowest BCUT2D eigenvalue weighted by atomic mass is 9.90. The minimum atomic E-state index is -1.15. The third kappa shape index (κ3) is 5.22. The SMILES string of the molecule is CCN1C(=O)C(C)(C)C(=O)N(C)c2cc(CN(CCn3cc(C)c4oc(C)cc4c3=O)Cc3scnc3C)ccc21. The maximum absolute atomic E-state index is 13.3. The Kier molecular flexibility index (Phi) is 7.65. The molecule has 0 saturated heterocycles. The molecule has 41 heavy (non-hydrogen) atoms. The first-order valence-electron chi connectivity index (χ1n) is 13.9. The van der Waals surface area contributed by atoms with Crippen LogP contribution in [0.3, 0.4) is 0 Å². The van der Waals surface area contributed by atoms with Gasteiger partial charge in [0.2, 0.25) is 11.8 Å². The van der Waals surface area contributed by atoms with Gasteiger partial charge in [-0.15, -0.1) is 11.3 Å². The van der Waals surface area contributed by atoms with E-state index in [0.717, 1.165) is 34.0 Å². The Bertz CT molecular complexity index is 1700. The van der Waals surface area contributed by atoms with Crippen molar-refractivity contribution in [3.8, 4) is 0 Å². The predicted octanol–water partition coefficient (Wildman–Crippen LogP) is 5.03. The number of fused-ring (bicyclic) bond motifs is 2. The number of carbonyl (C=O) groups excluding carboxylic acids is 2. The molecule has 0 atom stereocenters. The van der Waals surface area contributed by atoms with Gasteiger partial charge in [-0.05, 0) is 65.3 Å². The highest BCUT2D eigenvalue weighted by Gasteiger charge is 2.45. The summed E-state index contributed by atoms with van der Waals surface area (Å²) in [4.78, 5) is 51.0. The maximum atomic E-state index is 13.3. The fourth-order valence-corrected chi connectivity index (χ4v) is 6.40. The molecule has 0 saturated carbocycles. The molecule has 0 spiro atoms. The molecule has 1 aliphatic heterocycles. The van der Waals surface area contributed by atoms with Crippen LogP contribution in [0.4, 0.5) is 11.4 Å². The number of hydrogen-bond donors (Lipinski definition) is 0. The number of benzene rings is 1. The standard InChI is InChI=1S/C31H37N5O4S/c1-8-36-24-10-9-22(14-25(24)33(7)29(38)31(5,6)30(36)39)16-34(17-26-21(4)32-18-41-26)11-12-35-15-19(2)27-23(28(35)37)13-20(3)40-27/h9-10,13-15,18H,8,11-12,16-17H2,1-7H3. The van der Waals surface area contributed by atoms with Crippen LogP contribution in [-0.4, -0.2) is 46.4 Å². The van der Waals surface area contributed by atoms with Crippen LogP contribution in [0.15, 0.2) is 45.2 Å². The highest BCUT2D eigenvalue weighted by molar-refractivity contribution is 7.09. The van der Waals surface area contributed by atoms with E-state index in [-0.39, 0.29) is 17.4 Å². The zero-order valence-electron chi connectivity index (χ0n) is 24.8. The highest BCUT2D eigenvalue weighted by Crippen LogP contribution is 2.39. The molecule has 0 unspecified atom stereocenters. The van der Waals surface area contributed by atoms with Gasteiger partial charge in [-0.2, -0.15) is 0 Å². The van der Waals surface area contributed by atoms with Crippen molar-refractivity contribution in [2.75, 3.05) is 29.9 Å². The Hall–Kier alpha value is -3.76. The van der Waals surface area contributed by atoms with Gasteiger partial charge in [0.1, 0.15) is 16.8 Å². The summed E-state index contributed by atoms with van der Waals surface area (Å²) in [6.45, 7) is 14.0. The highest BCUT2D eigenvalue weighted by atomic mass is 32.1. The lowest BCUT2D eigenvalue weighted by Gasteiger charge is -2.27. The van der Waals surface area contributed by atoms with E-state index in [2.05, 4.69) is 9.88 Å². The zero-order valence-corrected chi connectivity index (χ0v) is 25.6. The van der Waals surface area contributed by atoms with Gasteiger partial charge in [-0.3, -0.25) is 19.3 Å². The van der Waals surface area contributed by atoms with Gasteiger partial charge in [0, 0.05) is 56.4 Å². The third-order valence-electron chi connectivity index (χ3n) is 7.96. The number of thiazole rings is 1. The van der Waals surface area contributed by atoms with Crippen LogP contribution in [-0.2, 0) is 29.2 Å². The Balaban J connectivity index is 1.46. The van der Waals surface area contributed by atoms with Crippen molar-refractivity contribution >= 4 is 45.5 Å². The second-order valence-corrected chi connectivity index (χ2v) is 12.3. The zero-order chi connectivity index (χ0) is 29.6. The Morgan fingerprint density at radius 3 is 2.46 bits per heavy atom. The van der Waals surface area contributed by atoms with Gasteiger partial charge in [-0.25, -0.2) is 4.98 Å². The minimum absolute atomic E-state index is 0.0616. The Morgan fingerprint density at radius 1 is 1.02 bits per heavy atom. The van der Waals surface area contributed by atoms with Crippen molar-refractivity contribution < 1.29 is 14.0 Å². The van der Waals surface area contributed by atoms with Gasteiger partial charge in [0.25, 0.3) is 5.56 Å². The molecule has 10 heteroatoms. The number of aromatic nitrogens is 2. The quantitative estimate of drug-likeness (QED) is 0.274. The van der Waals surface area contributed by atoms with Crippen LogP contribution in [0.5, 0.6) is 0 Å². The monoisotopic (exact) mass is 575 g/mol. The molecular formula is C31H37N5O4S. The summed E-state index contributed by atoms with van der Waals surface area (Å²) < 4.78 is 7.51. The molecule has 0 N–H and O–H groups in total. The lowest BCUT2D eigenvalue weighted by molar-refractivity contribution is -0.137. The van der Waals surface area contributed by atoms with Gasteiger partial charge >= 0.3 is 0 Å². The van der Waals surface area contributed by atoms with E-state index < -0.39 is 5.41 Å². The maximum Gasteiger partial charge on any atom is 0.261 e. The van der Waals surface area contributed by atoms with Crippen LogP contribution < -0.4 is 15.4 Å². The molecule has 0 fully saturated rings. The van der Waals surface area contributed by atoms with Crippen molar-refractivity contribution in [2.45, 2.75) is 61.2 Å². The van der Waals surface area contributed by atoms with Crippen molar-refractivity contribution in [2.24, 2.45) is 5.41 Å². The molecule has 0 aliphatic carbocycles. The molecule has 0 radical (unpaired) electrons. The average molecular weight is 576 g/mol. The first-order valence-corrected chi connectivity index (χ1v) is 14.7. The molecule has 3 aromatic heterocycles. The third-order valence-corrected chi connectivity index (χ3v) is 8.88. The first-order chi connectivity index (χ1) is 19.4. The number of amides is 2. The van der Waals surface area contributed by atoms with Gasteiger partial charge in [0.15, 0.2) is 0 Å². The fraction of sp³-hybridized carbons (Fsp3) is 0.419. The van der Waals surface area contributed by atoms with Gasteiger partial charge in [0.05, 0.1) is 28.0 Å². The molecule has 5 rings (SSSR count). The molecule has 4 aromatic rings. The summed E-state index contributed by atoms with van der Waals surface area (Å²) in [6, 6.07) is 7.78. The summed E-state index contributed by atoms with van der Waals surface area (Å²) in [5.41, 5.74) is 5.67. The number of rotatable bonds is 8. The van der Waals surface area contributed by atoms with E-state index in [1.165, 1.54) is 4.88 Å². The van der Waals surface area contributed by atoms with Crippen molar-refractivity contribution in [1.29, 1.82) is 0 Å². The first kappa shape index (κ1) is 28.8. The summed E-state index contributed by atoms with van der Waals surface area (Å²) in [7, 11) is 1.74. The van der Waals surface area contributed by atoms with Crippen molar-refractivity contribution in [3.63, 3.8) is 0 Å². The van der Waals surface area contributed by atoms with E-state index in [4.69, 9.17) is 4.42 Å². The van der Waals surface area contributed by atoms with Crippen LogP contribution in [0.25, 0.3) is 11.0 Å². The van der Waals surface area contributed by atoms with Gasteiger partial charge < -0.3 is 18.8 Å². The fourth-order valence-electron chi connectivity index (χ4n) is 5.59. The van der Waals surface area contributed by atoms with E-state index in [1.807, 2.05) is 57.6 Å². The minimum Gasteiger partial charge on any atom is -0.461 e. The number of nitrogens with zero attached hydrogens (tertiary/aromatic N) is 5. The molecule has 4 heterocycles. The summed E-state index contributed by atoms with van der Waals surface area (Å²) in [6.07, 6.45) is 1.87. The van der Waals surface area contributed by atoms with Crippen LogP contribution in [0.1, 0.15) is 48.2 Å². The number of furan rings is 1. The van der Waals surface area contributed by atoms with E-state index in [1.54, 1.807) is 52.7 Å². The van der Waals surface area contributed by atoms with Crippen LogP contribution >= 0.6 is 11.3 Å². The number of hydrogen-bond acceptors (Lipinski definition) is 7. The molecule has 1 aliphatic rings. The van der Waals surface area contributed by atoms with Gasteiger partial charge in [-0.1, -0.05) is 6.07 Å². The molecule has 1 aromatic carbocycles. The smallest absolute Gasteiger partial charge is 0.261 e. The summed E-state index contributed by atoms with van der Waals surface area (Å²) in [5, 5.41) is 0.601. The molecule has 9 nitrogen and oxygen atoms in total. The summed E-state index contributed by atoms with van der Waals surface area (Å²) in [5.74, 6) is 0.295. The topological polar surface area (TPSA) is 91.9 Å². The average Bonchev–Trinajstić information content (AvgIpc) is 3.53. The van der Waals surface area contributed by atoms with E-state index in [0.29, 0.717) is 43.7 Å². The van der Waals surface area contributed by atoms with E-state index in [9.17, 15) is 14.4 Å². The number of pyridine rings is 1. The molecule has 2 amide bonds. The van der Waals surface area contributed by atoms with Crippen LogP contribution in [0, 0.1) is 26.2 Å². The van der Waals surface area contributed by atoms with Crippen LogP contribution in [0.2, 0.25) is 0 Å². The molecule has 216 valence electrons. The summed E-state index contributed by atoms with van der Waals surface area (Å²) >= 11 is 1.62.